The smallest absolute Gasteiger partial charge is 0.170 e. The molecular weight excluding hydrogens is 222 g/mol. The lowest BCUT2D eigenvalue weighted by molar-refractivity contribution is 0.415. The number of hydrogen-bond donors (Lipinski definition) is 1. The van der Waals surface area contributed by atoms with Gasteiger partial charge >= 0.3 is 0 Å². The van der Waals surface area contributed by atoms with Gasteiger partial charge in [0, 0.05) is 10.9 Å². The number of thiophene rings is 1. The van der Waals surface area contributed by atoms with Crippen molar-refractivity contribution in [3.63, 3.8) is 0 Å². The van der Waals surface area contributed by atoms with Crippen molar-refractivity contribution in [1.82, 2.24) is 25.5 Å². The molecule has 0 saturated heterocycles. The van der Waals surface area contributed by atoms with E-state index in [-0.39, 0.29) is 5.54 Å². The zero-order valence-corrected chi connectivity index (χ0v) is 10.5. The van der Waals surface area contributed by atoms with E-state index >= 15 is 0 Å². The van der Waals surface area contributed by atoms with Gasteiger partial charge in [0.1, 0.15) is 0 Å². The van der Waals surface area contributed by atoms with Crippen LogP contribution in [-0.4, -0.2) is 25.7 Å². The third-order valence-electron chi connectivity index (χ3n) is 2.06. The summed E-state index contributed by atoms with van der Waals surface area (Å²) in [6, 6.07) is 2.00. The van der Waals surface area contributed by atoms with E-state index in [0.29, 0.717) is 6.54 Å². The van der Waals surface area contributed by atoms with Crippen LogP contribution in [0.25, 0.3) is 5.69 Å². The maximum atomic E-state index is 4.02. The number of aromatic nitrogens is 4. The van der Waals surface area contributed by atoms with Crippen molar-refractivity contribution in [2.75, 3.05) is 0 Å². The molecular formula is C10H15N5S. The van der Waals surface area contributed by atoms with Gasteiger partial charge < -0.3 is 5.32 Å². The van der Waals surface area contributed by atoms with Crippen LogP contribution in [-0.2, 0) is 6.54 Å². The molecule has 0 amide bonds. The Morgan fingerprint density at radius 1 is 1.44 bits per heavy atom. The van der Waals surface area contributed by atoms with Crippen LogP contribution in [0.3, 0.4) is 0 Å². The Balaban J connectivity index is 2.14. The molecule has 0 aliphatic rings. The van der Waals surface area contributed by atoms with Crippen LogP contribution in [0.4, 0.5) is 0 Å². The first kappa shape index (κ1) is 11.2. The van der Waals surface area contributed by atoms with Crippen LogP contribution < -0.4 is 5.32 Å². The highest BCUT2D eigenvalue weighted by molar-refractivity contribution is 7.08. The molecule has 1 N–H and O–H groups in total. The first-order valence-corrected chi connectivity index (χ1v) is 6.05. The molecule has 6 heteroatoms. The first-order chi connectivity index (χ1) is 7.56. The average Bonchev–Trinajstić information content (AvgIpc) is 2.84. The maximum absolute atomic E-state index is 4.02. The predicted molar refractivity (Wildman–Crippen MR) is 63.6 cm³/mol. The van der Waals surface area contributed by atoms with E-state index in [1.54, 1.807) is 16.0 Å². The van der Waals surface area contributed by atoms with Gasteiger partial charge in [0.2, 0.25) is 0 Å². The van der Waals surface area contributed by atoms with E-state index in [4.69, 9.17) is 0 Å². The Morgan fingerprint density at radius 3 is 2.88 bits per heavy atom. The Hall–Kier alpha value is -1.27. The van der Waals surface area contributed by atoms with Crippen LogP contribution in [0.15, 0.2) is 16.8 Å². The molecule has 0 atom stereocenters. The average molecular weight is 237 g/mol. The molecule has 0 aromatic carbocycles. The number of rotatable bonds is 3. The van der Waals surface area contributed by atoms with Crippen LogP contribution >= 0.6 is 11.3 Å². The van der Waals surface area contributed by atoms with Crippen molar-refractivity contribution in [1.29, 1.82) is 0 Å². The van der Waals surface area contributed by atoms with Crippen molar-refractivity contribution in [3.05, 3.63) is 22.7 Å². The molecule has 2 rings (SSSR count). The topological polar surface area (TPSA) is 55.6 Å². The van der Waals surface area contributed by atoms with Crippen molar-refractivity contribution >= 4 is 11.3 Å². The SMILES string of the molecule is CC(C)(C)NCc1nnnn1-c1ccsc1. The maximum Gasteiger partial charge on any atom is 0.170 e. The Morgan fingerprint density at radius 2 is 2.25 bits per heavy atom. The van der Waals surface area contributed by atoms with Crippen LogP contribution in [0, 0.1) is 0 Å². The highest BCUT2D eigenvalue weighted by atomic mass is 32.1. The standard InChI is InChI=1S/C10H15N5S/c1-10(2,3)11-6-9-12-13-14-15(9)8-4-5-16-7-8/h4-5,7,11H,6H2,1-3H3. The molecule has 0 unspecified atom stereocenters. The molecule has 0 aliphatic heterocycles. The third kappa shape index (κ3) is 2.65. The monoisotopic (exact) mass is 237 g/mol. The second kappa shape index (κ2) is 4.31. The Labute approximate surface area is 98.5 Å². The van der Waals surface area contributed by atoms with E-state index in [1.165, 1.54) is 0 Å². The quantitative estimate of drug-likeness (QED) is 0.881. The molecule has 2 heterocycles. The summed E-state index contributed by atoms with van der Waals surface area (Å²) in [5, 5.41) is 19.1. The molecule has 0 aliphatic carbocycles. The van der Waals surface area contributed by atoms with Gasteiger partial charge in [-0.15, -0.1) is 5.10 Å². The van der Waals surface area contributed by atoms with E-state index in [0.717, 1.165) is 11.5 Å². The molecule has 0 spiro atoms. The highest BCUT2D eigenvalue weighted by Gasteiger charge is 2.13. The summed E-state index contributed by atoms with van der Waals surface area (Å²) in [7, 11) is 0. The highest BCUT2D eigenvalue weighted by Crippen LogP contribution is 2.12. The minimum Gasteiger partial charge on any atom is -0.305 e. The van der Waals surface area contributed by atoms with Gasteiger partial charge in [-0.25, -0.2) is 0 Å². The lowest BCUT2D eigenvalue weighted by Crippen LogP contribution is -2.35. The summed E-state index contributed by atoms with van der Waals surface area (Å²) in [4.78, 5) is 0. The number of tetrazole rings is 1. The molecule has 0 bridgehead atoms. The lowest BCUT2D eigenvalue weighted by Gasteiger charge is -2.19. The fourth-order valence-electron chi connectivity index (χ4n) is 1.24. The van der Waals surface area contributed by atoms with Crippen LogP contribution in [0.1, 0.15) is 26.6 Å². The molecule has 2 aromatic heterocycles. The van der Waals surface area contributed by atoms with E-state index < -0.39 is 0 Å². The Kier molecular flexibility index (Phi) is 3.02. The fourth-order valence-corrected chi connectivity index (χ4v) is 1.85. The minimum atomic E-state index is 0.0609. The van der Waals surface area contributed by atoms with E-state index in [2.05, 4.69) is 41.6 Å². The van der Waals surface area contributed by atoms with Gasteiger partial charge in [0.15, 0.2) is 5.82 Å². The zero-order chi connectivity index (χ0) is 11.6. The van der Waals surface area contributed by atoms with Gasteiger partial charge in [0.25, 0.3) is 0 Å². The van der Waals surface area contributed by atoms with Gasteiger partial charge in [-0.3, -0.25) is 0 Å². The van der Waals surface area contributed by atoms with Crippen molar-refractivity contribution in [2.24, 2.45) is 0 Å². The normalized spacial score (nSPS) is 11.9. The van der Waals surface area contributed by atoms with E-state index in [1.807, 2.05) is 16.8 Å². The van der Waals surface area contributed by atoms with Crippen LogP contribution in [0.5, 0.6) is 0 Å². The Bertz CT molecular complexity index is 440. The lowest BCUT2D eigenvalue weighted by atomic mass is 10.1. The predicted octanol–water partition coefficient (Wildman–Crippen LogP) is 1.61. The number of nitrogens with zero attached hydrogens (tertiary/aromatic N) is 4. The van der Waals surface area contributed by atoms with Gasteiger partial charge in [-0.05, 0) is 42.6 Å². The summed E-state index contributed by atoms with van der Waals surface area (Å²) >= 11 is 1.63. The molecule has 16 heavy (non-hydrogen) atoms. The molecule has 0 radical (unpaired) electrons. The zero-order valence-electron chi connectivity index (χ0n) is 9.64. The summed E-state index contributed by atoms with van der Waals surface area (Å²) in [6.45, 7) is 7.01. The third-order valence-corrected chi connectivity index (χ3v) is 2.73. The second-order valence-corrected chi connectivity index (χ2v) is 5.37. The second-order valence-electron chi connectivity index (χ2n) is 4.59. The van der Waals surface area contributed by atoms with Crippen molar-refractivity contribution in [3.8, 4) is 5.69 Å². The van der Waals surface area contributed by atoms with Crippen molar-refractivity contribution in [2.45, 2.75) is 32.9 Å². The molecule has 0 saturated carbocycles. The van der Waals surface area contributed by atoms with Gasteiger partial charge in [-0.2, -0.15) is 16.0 Å². The van der Waals surface area contributed by atoms with Gasteiger partial charge in [0.05, 0.1) is 12.2 Å². The number of nitrogens with one attached hydrogen (secondary N) is 1. The summed E-state index contributed by atoms with van der Waals surface area (Å²) in [5.74, 6) is 0.827. The molecule has 86 valence electrons. The molecule has 2 aromatic rings. The largest absolute Gasteiger partial charge is 0.305 e. The van der Waals surface area contributed by atoms with Crippen molar-refractivity contribution < 1.29 is 0 Å². The summed E-state index contributed by atoms with van der Waals surface area (Å²) < 4.78 is 1.76. The molecule has 0 fully saturated rings. The summed E-state index contributed by atoms with van der Waals surface area (Å²) in [5.41, 5.74) is 1.08. The number of hydrogen-bond acceptors (Lipinski definition) is 5. The summed E-state index contributed by atoms with van der Waals surface area (Å²) in [6.07, 6.45) is 0. The fraction of sp³-hybridized carbons (Fsp3) is 0.500. The van der Waals surface area contributed by atoms with E-state index in [9.17, 15) is 0 Å². The van der Waals surface area contributed by atoms with Gasteiger partial charge in [-0.1, -0.05) is 0 Å². The molecule has 5 nitrogen and oxygen atoms in total. The van der Waals surface area contributed by atoms with Crippen LogP contribution in [0.2, 0.25) is 0 Å². The first-order valence-electron chi connectivity index (χ1n) is 5.11. The minimum absolute atomic E-state index is 0.0609.